The minimum absolute atomic E-state index is 0.000991. The summed E-state index contributed by atoms with van der Waals surface area (Å²) >= 11 is 0. The number of carbonyl (C=O) groups excluding carboxylic acids is 2. The number of ether oxygens (including phenoxy) is 1. The van der Waals surface area contributed by atoms with Crippen LogP contribution in [0.5, 0.6) is 5.75 Å². The van der Waals surface area contributed by atoms with Crippen molar-refractivity contribution < 1.29 is 14.3 Å². The predicted molar refractivity (Wildman–Crippen MR) is 107 cm³/mol. The van der Waals surface area contributed by atoms with Crippen LogP contribution < -0.4 is 10.1 Å². The molecule has 144 valence electrons. The molecule has 1 N–H and O–H groups in total. The van der Waals surface area contributed by atoms with Gasteiger partial charge in [0.05, 0.1) is 0 Å². The van der Waals surface area contributed by atoms with Crippen molar-refractivity contribution in [2.45, 2.75) is 39.9 Å². The van der Waals surface area contributed by atoms with Gasteiger partial charge < -0.3 is 10.1 Å². The molecule has 0 aliphatic rings. The summed E-state index contributed by atoms with van der Waals surface area (Å²) in [4.78, 5) is 25.6. The van der Waals surface area contributed by atoms with Crippen molar-refractivity contribution in [3.05, 3.63) is 65.2 Å². The highest BCUT2D eigenvalue weighted by Crippen LogP contribution is 2.14. The maximum absolute atomic E-state index is 12.1. The number of ketones is 1. The Morgan fingerprint density at radius 1 is 1.04 bits per heavy atom. The molecule has 0 heterocycles. The maximum atomic E-state index is 12.1. The number of nitrogens with one attached hydrogen (secondary N) is 1. The maximum Gasteiger partial charge on any atom is 0.258 e. The molecule has 0 saturated heterocycles. The molecule has 5 nitrogen and oxygen atoms in total. The molecule has 0 radical (unpaired) electrons. The Labute approximate surface area is 161 Å². The van der Waals surface area contributed by atoms with Gasteiger partial charge in [0, 0.05) is 24.7 Å². The molecule has 0 aliphatic heterocycles. The van der Waals surface area contributed by atoms with Crippen LogP contribution in [0.4, 0.5) is 0 Å². The van der Waals surface area contributed by atoms with Gasteiger partial charge in [0.2, 0.25) is 0 Å². The smallest absolute Gasteiger partial charge is 0.258 e. The SMILES string of the molecule is CC(=O)c1ccc(OCC(=O)NCc2ccccc2CN(C)C(C)C)cc1. The Kier molecular flexibility index (Phi) is 7.55. The average Bonchev–Trinajstić information content (AvgIpc) is 2.65. The topological polar surface area (TPSA) is 58.6 Å². The molecule has 5 heteroatoms. The summed E-state index contributed by atoms with van der Waals surface area (Å²) in [6.45, 7) is 7.07. The summed E-state index contributed by atoms with van der Waals surface area (Å²) in [6, 6.07) is 15.3. The number of nitrogens with zero attached hydrogens (tertiary/aromatic N) is 1. The Bertz CT molecular complexity index is 769. The predicted octanol–water partition coefficient (Wildman–Crippen LogP) is 3.42. The lowest BCUT2D eigenvalue weighted by molar-refractivity contribution is -0.123. The molecule has 0 saturated carbocycles. The number of Topliss-reactive ketones (excluding diaryl/α,β-unsaturated/α-hetero) is 1. The lowest BCUT2D eigenvalue weighted by Crippen LogP contribution is -2.30. The van der Waals surface area contributed by atoms with Crippen molar-refractivity contribution in [3.8, 4) is 5.75 Å². The monoisotopic (exact) mass is 368 g/mol. The van der Waals surface area contributed by atoms with Gasteiger partial charge in [0.25, 0.3) is 5.91 Å². The van der Waals surface area contributed by atoms with Gasteiger partial charge in [-0.25, -0.2) is 0 Å². The Morgan fingerprint density at radius 2 is 1.67 bits per heavy atom. The normalized spacial score (nSPS) is 10.9. The van der Waals surface area contributed by atoms with Crippen LogP contribution in [0.25, 0.3) is 0 Å². The highest BCUT2D eigenvalue weighted by molar-refractivity contribution is 5.94. The van der Waals surface area contributed by atoms with Crippen molar-refractivity contribution in [1.29, 1.82) is 0 Å². The zero-order valence-electron chi connectivity index (χ0n) is 16.5. The third kappa shape index (κ3) is 6.53. The van der Waals surface area contributed by atoms with E-state index >= 15 is 0 Å². The van der Waals surface area contributed by atoms with Crippen LogP contribution in [-0.4, -0.2) is 36.3 Å². The molecule has 2 rings (SSSR count). The Balaban J connectivity index is 1.86. The lowest BCUT2D eigenvalue weighted by Gasteiger charge is -2.22. The highest BCUT2D eigenvalue weighted by Gasteiger charge is 2.09. The molecule has 0 spiro atoms. The van der Waals surface area contributed by atoms with Crippen LogP contribution in [0.2, 0.25) is 0 Å². The van der Waals surface area contributed by atoms with Crippen LogP contribution in [0, 0.1) is 0 Å². The fourth-order valence-corrected chi connectivity index (χ4v) is 2.52. The van der Waals surface area contributed by atoms with Crippen molar-refractivity contribution >= 4 is 11.7 Å². The summed E-state index contributed by atoms with van der Waals surface area (Å²) in [7, 11) is 2.09. The summed E-state index contributed by atoms with van der Waals surface area (Å²) in [5.41, 5.74) is 2.92. The minimum atomic E-state index is -0.183. The second-order valence-corrected chi connectivity index (χ2v) is 6.92. The van der Waals surface area contributed by atoms with Crippen LogP contribution in [0.3, 0.4) is 0 Å². The molecule has 2 aromatic carbocycles. The van der Waals surface area contributed by atoms with Gasteiger partial charge >= 0.3 is 0 Å². The lowest BCUT2D eigenvalue weighted by atomic mass is 10.1. The van der Waals surface area contributed by atoms with E-state index in [1.807, 2.05) is 18.2 Å². The zero-order valence-corrected chi connectivity index (χ0v) is 16.5. The second-order valence-electron chi connectivity index (χ2n) is 6.92. The van der Waals surface area contributed by atoms with Crippen molar-refractivity contribution in [3.63, 3.8) is 0 Å². The zero-order chi connectivity index (χ0) is 19.8. The fraction of sp³-hybridized carbons (Fsp3) is 0.364. The summed E-state index contributed by atoms with van der Waals surface area (Å²) in [6.07, 6.45) is 0. The van der Waals surface area contributed by atoms with Gasteiger partial charge in [0.15, 0.2) is 12.4 Å². The van der Waals surface area contributed by atoms with E-state index in [9.17, 15) is 9.59 Å². The van der Waals surface area contributed by atoms with Gasteiger partial charge in [0.1, 0.15) is 5.75 Å². The molecule has 2 aromatic rings. The molecule has 1 amide bonds. The fourth-order valence-electron chi connectivity index (χ4n) is 2.52. The van der Waals surface area contributed by atoms with E-state index < -0.39 is 0 Å². The molecule has 0 aromatic heterocycles. The second kappa shape index (κ2) is 9.88. The van der Waals surface area contributed by atoms with E-state index in [2.05, 4.69) is 37.2 Å². The first-order chi connectivity index (χ1) is 12.9. The summed E-state index contributed by atoms with van der Waals surface area (Å²) < 4.78 is 5.49. The first-order valence-electron chi connectivity index (χ1n) is 9.14. The van der Waals surface area contributed by atoms with Gasteiger partial charge in [-0.3, -0.25) is 14.5 Å². The van der Waals surface area contributed by atoms with E-state index in [4.69, 9.17) is 4.74 Å². The van der Waals surface area contributed by atoms with E-state index in [-0.39, 0.29) is 18.3 Å². The Hall–Kier alpha value is -2.66. The van der Waals surface area contributed by atoms with Crippen molar-refractivity contribution in [2.75, 3.05) is 13.7 Å². The van der Waals surface area contributed by atoms with E-state index in [0.29, 0.717) is 23.9 Å². The van der Waals surface area contributed by atoms with Gasteiger partial charge in [-0.05, 0) is 63.2 Å². The molecule has 0 aliphatic carbocycles. The molecule has 27 heavy (non-hydrogen) atoms. The molecular weight excluding hydrogens is 340 g/mol. The molecule has 0 fully saturated rings. The summed E-state index contributed by atoms with van der Waals surface area (Å²) in [5, 5.41) is 2.91. The number of amides is 1. The van der Waals surface area contributed by atoms with Crippen LogP contribution in [-0.2, 0) is 17.9 Å². The van der Waals surface area contributed by atoms with Gasteiger partial charge in [-0.15, -0.1) is 0 Å². The third-order valence-electron chi connectivity index (χ3n) is 4.53. The number of hydrogen-bond acceptors (Lipinski definition) is 4. The minimum Gasteiger partial charge on any atom is -0.484 e. The van der Waals surface area contributed by atoms with Gasteiger partial charge in [-0.1, -0.05) is 24.3 Å². The van der Waals surface area contributed by atoms with Crippen LogP contribution in [0.1, 0.15) is 42.3 Å². The molecular formula is C22H28N2O3. The average molecular weight is 368 g/mol. The third-order valence-corrected chi connectivity index (χ3v) is 4.53. The van der Waals surface area contributed by atoms with E-state index in [1.54, 1.807) is 24.3 Å². The number of rotatable bonds is 9. The quantitative estimate of drug-likeness (QED) is 0.689. The standard InChI is InChI=1S/C22H28N2O3/c1-16(2)24(4)14-20-8-6-5-7-19(20)13-23-22(26)15-27-21-11-9-18(10-12-21)17(3)25/h5-12,16H,13-15H2,1-4H3,(H,23,26). The summed E-state index contributed by atoms with van der Waals surface area (Å²) in [5.74, 6) is 0.382. The highest BCUT2D eigenvalue weighted by atomic mass is 16.5. The number of hydrogen-bond donors (Lipinski definition) is 1. The molecule has 0 bridgehead atoms. The molecule has 0 atom stereocenters. The Morgan fingerprint density at radius 3 is 2.26 bits per heavy atom. The largest absolute Gasteiger partial charge is 0.484 e. The van der Waals surface area contributed by atoms with Crippen molar-refractivity contribution in [2.24, 2.45) is 0 Å². The van der Waals surface area contributed by atoms with Crippen LogP contribution in [0.15, 0.2) is 48.5 Å². The van der Waals surface area contributed by atoms with Crippen molar-refractivity contribution in [1.82, 2.24) is 10.2 Å². The van der Waals surface area contributed by atoms with Crippen LogP contribution >= 0.6 is 0 Å². The number of benzene rings is 2. The first-order valence-corrected chi connectivity index (χ1v) is 9.14. The molecule has 0 unspecified atom stereocenters. The van der Waals surface area contributed by atoms with Gasteiger partial charge in [-0.2, -0.15) is 0 Å². The first kappa shape index (κ1) is 20.6. The van der Waals surface area contributed by atoms with E-state index in [1.165, 1.54) is 12.5 Å². The number of carbonyl (C=O) groups is 2. The van der Waals surface area contributed by atoms with E-state index in [0.717, 1.165) is 12.1 Å².